The van der Waals surface area contributed by atoms with E-state index in [0.29, 0.717) is 12.6 Å². The molecule has 0 spiro atoms. The molecular formula is C14H20N2O2. The molecule has 1 amide bonds. The van der Waals surface area contributed by atoms with Crippen molar-refractivity contribution >= 4 is 11.6 Å². The molecule has 1 saturated carbocycles. The maximum Gasteiger partial charge on any atom is 0.238 e. The van der Waals surface area contributed by atoms with Crippen LogP contribution in [0.4, 0.5) is 5.69 Å². The summed E-state index contributed by atoms with van der Waals surface area (Å²) in [5, 5.41) is 6.11. The second-order valence-corrected chi connectivity index (χ2v) is 4.79. The third-order valence-corrected chi connectivity index (χ3v) is 3.21. The van der Waals surface area contributed by atoms with Gasteiger partial charge in [0.05, 0.1) is 13.7 Å². The fraction of sp³-hybridized carbons (Fsp3) is 0.500. The van der Waals surface area contributed by atoms with E-state index >= 15 is 0 Å². The molecule has 0 aliphatic heterocycles. The minimum atomic E-state index is -0.00379. The largest absolute Gasteiger partial charge is 0.496 e. The number of carbonyl (C=O) groups is 1. The lowest BCUT2D eigenvalue weighted by molar-refractivity contribution is -0.115. The molecule has 1 aliphatic rings. The first-order valence-corrected chi connectivity index (χ1v) is 6.29. The highest BCUT2D eigenvalue weighted by molar-refractivity contribution is 5.93. The molecule has 1 aliphatic carbocycles. The van der Waals surface area contributed by atoms with E-state index in [0.717, 1.165) is 22.6 Å². The van der Waals surface area contributed by atoms with Crippen LogP contribution >= 0.6 is 0 Å². The first kappa shape index (κ1) is 12.9. The van der Waals surface area contributed by atoms with Crippen molar-refractivity contribution in [3.05, 3.63) is 23.3 Å². The molecule has 0 heterocycles. The lowest BCUT2D eigenvalue weighted by Crippen LogP contribution is -2.29. The van der Waals surface area contributed by atoms with Gasteiger partial charge in [0.1, 0.15) is 5.75 Å². The van der Waals surface area contributed by atoms with Gasteiger partial charge in [-0.05, 0) is 38.3 Å². The van der Waals surface area contributed by atoms with Crippen LogP contribution < -0.4 is 15.4 Å². The molecular weight excluding hydrogens is 228 g/mol. The molecule has 18 heavy (non-hydrogen) atoms. The van der Waals surface area contributed by atoms with Gasteiger partial charge in [-0.15, -0.1) is 0 Å². The van der Waals surface area contributed by atoms with Crippen LogP contribution in [0.25, 0.3) is 0 Å². The van der Waals surface area contributed by atoms with Gasteiger partial charge in [0.2, 0.25) is 5.91 Å². The maximum atomic E-state index is 11.8. The average molecular weight is 248 g/mol. The number of amides is 1. The van der Waals surface area contributed by atoms with E-state index in [4.69, 9.17) is 4.74 Å². The maximum absolute atomic E-state index is 11.8. The Morgan fingerprint density at radius 3 is 2.72 bits per heavy atom. The minimum Gasteiger partial charge on any atom is -0.496 e. The molecule has 2 N–H and O–H groups in total. The number of benzene rings is 1. The van der Waals surface area contributed by atoms with Gasteiger partial charge in [0, 0.05) is 17.3 Å². The Morgan fingerprint density at radius 2 is 2.11 bits per heavy atom. The van der Waals surface area contributed by atoms with E-state index < -0.39 is 0 Å². The number of aryl methyl sites for hydroxylation is 1. The third kappa shape index (κ3) is 3.01. The number of hydrogen-bond donors (Lipinski definition) is 2. The van der Waals surface area contributed by atoms with Crippen LogP contribution in [0.2, 0.25) is 0 Å². The number of ether oxygens (including phenoxy) is 1. The smallest absolute Gasteiger partial charge is 0.238 e. The first-order valence-electron chi connectivity index (χ1n) is 6.29. The normalized spacial score (nSPS) is 14.4. The van der Waals surface area contributed by atoms with Crippen LogP contribution in [0.1, 0.15) is 24.0 Å². The Morgan fingerprint density at radius 1 is 1.39 bits per heavy atom. The SMILES string of the molecule is COc1c(C)ccc(NC(=O)CNC2CC2)c1C. The van der Waals surface area contributed by atoms with Crippen LogP contribution in [-0.2, 0) is 4.79 Å². The van der Waals surface area contributed by atoms with Gasteiger partial charge in [0.25, 0.3) is 0 Å². The molecule has 1 fully saturated rings. The summed E-state index contributed by atoms with van der Waals surface area (Å²) in [6.45, 7) is 4.32. The van der Waals surface area contributed by atoms with Crippen molar-refractivity contribution in [2.45, 2.75) is 32.7 Å². The third-order valence-electron chi connectivity index (χ3n) is 3.21. The van der Waals surface area contributed by atoms with Crippen LogP contribution in [0.3, 0.4) is 0 Å². The van der Waals surface area contributed by atoms with Crippen LogP contribution in [0.5, 0.6) is 5.75 Å². The van der Waals surface area contributed by atoms with Crippen molar-refractivity contribution in [3.63, 3.8) is 0 Å². The van der Waals surface area contributed by atoms with Gasteiger partial charge in [0.15, 0.2) is 0 Å². The number of carbonyl (C=O) groups excluding carboxylic acids is 1. The second-order valence-electron chi connectivity index (χ2n) is 4.79. The first-order chi connectivity index (χ1) is 8.61. The summed E-state index contributed by atoms with van der Waals surface area (Å²) < 4.78 is 5.34. The van der Waals surface area contributed by atoms with Crippen molar-refractivity contribution in [1.82, 2.24) is 5.32 Å². The lowest BCUT2D eigenvalue weighted by Gasteiger charge is -2.14. The zero-order valence-corrected chi connectivity index (χ0v) is 11.2. The molecule has 0 saturated heterocycles. The lowest BCUT2D eigenvalue weighted by atomic mass is 10.1. The number of anilines is 1. The topological polar surface area (TPSA) is 50.4 Å². The molecule has 1 aromatic rings. The highest BCUT2D eigenvalue weighted by atomic mass is 16.5. The summed E-state index contributed by atoms with van der Waals surface area (Å²) in [4.78, 5) is 11.8. The van der Waals surface area contributed by atoms with Crippen LogP contribution in [-0.4, -0.2) is 25.6 Å². The molecule has 98 valence electrons. The molecule has 1 aromatic carbocycles. The van der Waals surface area contributed by atoms with Gasteiger partial charge in [-0.25, -0.2) is 0 Å². The molecule has 0 unspecified atom stereocenters. The summed E-state index contributed by atoms with van der Waals surface area (Å²) in [6.07, 6.45) is 2.37. The summed E-state index contributed by atoms with van der Waals surface area (Å²) in [7, 11) is 1.65. The number of nitrogens with one attached hydrogen (secondary N) is 2. The van der Waals surface area contributed by atoms with E-state index in [1.807, 2.05) is 26.0 Å². The van der Waals surface area contributed by atoms with Crippen molar-refractivity contribution in [3.8, 4) is 5.75 Å². The predicted molar refractivity (Wildman–Crippen MR) is 72.1 cm³/mol. The summed E-state index contributed by atoms with van der Waals surface area (Å²) in [6, 6.07) is 4.42. The zero-order valence-electron chi connectivity index (χ0n) is 11.2. The van der Waals surface area contributed by atoms with Crippen molar-refractivity contribution in [1.29, 1.82) is 0 Å². The number of hydrogen-bond acceptors (Lipinski definition) is 3. The van der Waals surface area contributed by atoms with Gasteiger partial charge in [-0.3, -0.25) is 4.79 Å². The molecule has 4 heteroatoms. The molecule has 0 bridgehead atoms. The summed E-state index contributed by atoms with van der Waals surface area (Å²) >= 11 is 0. The van der Waals surface area contributed by atoms with Gasteiger partial charge in [-0.1, -0.05) is 6.07 Å². The van der Waals surface area contributed by atoms with Crippen LogP contribution in [0.15, 0.2) is 12.1 Å². The Hall–Kier alpha value is -1.55. The Bertz CT molecular complexity index is 453. The van der Waals surface area contributed by atoms with Crippen LogP contribution in [0, 0.1) is 13.8 Å². The monoisotopic (exact) mass is 248 g/mol. The fourth-order valence-electron chi connectivity index (χ4n) is 2.00. The van der Waals surface area contributed by atoms with Gasteiger partial charge >= 0.3 is 0 Å². The zero-order chi connectivity index (χ0) is 13.1. The van der Waals surface area contributed by atoms with Crippen molar-refractivity contribution in [2.75, 3.05) is 19.0 Å². The predicted octanol–water partition coefficient (Wildman–Crippen LogP) is 2.00. The van der Waals surface area contributed by atoms with Gasteiger partial charge < -0.3 is 15.4 Å². The van der Waals surface area contributed by atoms with Crippen molar-refractivity contribution in [2.24, 2.45) is 0 Å². The van der Waals surface area contributed by atoms with E-state index in [9.17, 15) is 4.79 Å². The minimum absolute atomic E-state index is 0.00379. The van der Waals surface area contributed by atoms with E-state index in [2.05, 4.69) is 10.6 Å². The molecule has 0 atom stereocenters. The Kier molecular flexibility index (Phi) is 3.87. The fourth-order valence-corrected chi connectivity index (χ4v) is 2.00. The molecule has 0 aromatic heterocycles. The van der Waals surface area contributed by atoms with Crippen molar-refractivity contribution < 1.29 is 9.53 Å². The second kappa shape index (κ2) is 5.40. The summed E-state index contributed by atoms with van der Waals surface area (Å²) in [5.41, 5.74) is 2.86. The van der Waals surface area contributed by atoms with Gasteiger partial charge in [-0.2, -0.15) is 0 Å². The van der Waals surface area contributed by atoms with E-state index in [-0.39, 0.29) is 5.91 Å². The molecule has 0 radical (unpaired) electrons. The highest BCUT2D eigenvalue weighted by Crippen LogP contribution is 2.29. The highest BCUT2D eigenvalue weighted by Gasteiger charge is 2.21. The number of methoxy groups -OCH3 is 1. The Balaban J connectivity index is 2.01. The number of rotatable bonds is 5. The standard InChI is InChI=1S/C14H20N2O2/c1-9-4-7-12(10(2)14(9)18-3)16-13(17)8-15-11-5-6-11/h4,7,11,15H,5-6,8H2,1-3H3,(H,16,17). The quantitative estimate of drug-likeness (QED) is 0.838. The molecule has 4 nitrogen and oxygen atoms in total. The average Bonchev–Trinajstić information content (AvgIpc) is 3.15. The molecule has 2 rings (SSSR count). The summed E-state index contributed by atoms with van der Waals surface area (Å²) in [5.74, 6) is 0.832. The van der Waals surface area contributed by atoms with E-state index in [1.165, 1.54) is 12.8 Å². The van der Waals surface area contributed by atoms with E-state index in [1.54, 1.807) is 7.11 Å². The Labute approximate surface area is 108 Å².